The number of aliphatic carboxylic acids is 3. The molecule has 10 heteroatoms. The molecule has 0 spiro atoms. The maximum Gasteiger partial charge on any atom is 2.00 e. The van der Waals surface area contributed by atoms with Gasteiger partial charge in [-0.3, -0.25) is 14.4 Å². The molecule has 0 saturated carbocycles. The van der Waals surface area contributed by atoms with Crippen molar-refractivity contribution in [1.82, 2.24) is 4.90 Å². The first kappa shape index (κ1) is 31.4. The predicted octanol–water partition coefficient (Wildman–Crippen LogP) is 1.64. The van der Waals surface area contributed by atoms with E-state index in [1.54, 1.807) is 0 Å². The Morgan fingerprint density at radius 3 is 1.60 bits per heavy atom. The zero-order valence-electron chi connectivity index (χ0n) is 11.7. The summed E-state index contributed by atoms with van der Waals surface area (Å²) in [5, 5.41) is 24.5. The van der Waals surface area contributed by atoms with Gasteiger partial charge in [-0.25, -0.2) is 0 Å². The minimum atomic E-state index is -1.06. The molecule has 124 valence electrons. The van der Waals surface area contributed by atoms with Gasteiger partial charge in [-0.1, -0.05) is 0 Å². The van der Waals surface area contributed by atoms with Crippen LogP contribution < -0.4 is 0 Å². The van der Waals surface area contributed by atoms with E-state index in [0.717, 1.165) is 6.92 Å². The van der Waals surface area contributed by atoms with Gasteiger partial charge in [0.2, 0.25) is 0 Å². The van der Waals surface area contributed by atoms with Crippen LogP contribution in [0.3, 0.4) is 0 Å². The molecule has 1 atom stereocenters. The minimum absolute atomic E-state index is 0. The topological polar surface area (TPSA) is 182 Å². The Bertz CT molecular complexity index is 272. The van der Waals surface area contributed by atoms with E-state index >= 15 is 0 Å². The monoisotopic (exact) mass is 476 g/mol. The average Bonchev–Trinajstić information content (AvgIpc) is 2.09. The van der Waals surface area contributed by atoms with Crippen LogP contribution in [-0.4, -0.2) is 58.8 Å². The van der Waals surface area contributed by atoms with Gasteiger partial charge in [-0.05, 0) is 27.1 Å². The number of hydrogen-bond acceptors (Lipinski definition) is 4. The van der Waals surface area contributed by atoms with Crippen LogP contribution in [0.15, 0.2) is 0 Å². The Morgan fingerprint density at radius 1 is 1.05 bits per heavy atom. The van der Waals surface area contributed by atoms with Crippen molar-refractivity contribution in [3.05, 3.63) is 12.3 Å². The van der Waals surface area contributed by atoms with E-state index in [1.165, 1.54) is 0 Å². The van der Waals surface area contributed by atoms with Crippen molar-refractivity contribution in [2.45, 2.75) is 19.8 Å². The molecule has 0 fully saturated rings. The Hall–Kier alpha value is -1.02. The molecular weight excluding hydrogens is 453 g/mol. The van der Waals surface area contributed by atoms with Crippen molar-refractivity contribution in [2.75, 3.05) is 20.6 Å². The molecule has 0 aromatic heterocycles. The minimum Gasteiger partial charge on any atom is -0.693 e. The summed E-state index contributed by atoms with van der Waals surface area (Å²) in [5.41, 5.74) is 0. The zero-order chi connectivity index (χ0) is 14.0. The van der Waals surface area contributed by atoms with E-state index < -0.39 is 23.8 Å². The van der Waals surface area contributed by atoms with Crippen LogP contribution in [0.2, 0.25) is 0 Å². The van der Waals surface area contributed by atoms with Crippen LogP contribution >= 0.6 is 0 Å². The van der Waals surface area contributed by atoms with Crippen molar-refractivity contribution in [3.8, 4) is 0 Å². The fraction of sp³-hybridized carbons (Fsp3) is 0.700. The van der Waals surface area contributed by atoms with Crippen molar-refractivity contribution in [2.24, 2.45) is 5.92 Å². The molecule has 0 aromatic carbocycles. The SMILES string of the molecule is CC(=O)O.CN(C)CCC(CC(=O)O)C(=O)O.[NH2-].[NH2-].[Pt+2]. The number of hydrogen-bond donors (Lipinski definition) is 3. The number of nitrogens with zero attached hydrogens (tertiary/aromatic N) is 1. The predicted molar refractivity (Wildman–Crippen MR) is 70.4 cm³/mol. The molecule has 0 aliphatic heterocycles. The van der Waals surface area contributed by atoms with E-state index in [2.05, 4.69) is 0 Å². The van der Waals surface area contributed by atoms with Crippen molar-refractivity contribution in [1.29, 1.82) is 0 Å². The van der Waals surface area contributed by atoms with Gasteiger partial charge in [0.25, 0.3) is 5.97 Å². The molecule has 7 N–H and O–H groups in total. The second kappa shape index (κ2) is 18.0. The average molecular weight is 476 g/mol. The second-order valence-electron chi connectivity index (χ2n) is 3.74. The molecule has 0 bridgehead atoms. The maximum atomic E-state index is 10.6. The summed E-state index contributed by atoms with van der Waals surface area (Å²) in [4.78, 5) is 31.7. The first-order valence-electron chi connectivity index (χ1n) is 4.95. The van der Waals surface area contributed by atoms with Crippen molar-refractivity contribution in [3.63, 3.8) is 0 Å². The number of carbonyl (C=O) groups is 3. The first-order chi connectivity index (χ1) is 7.66. The fourth-order valence-corrected chi connectivity index (χ4v) is 0.938. The van der Waals surface area contributed by atoms with Crippen LogP contribution in [0.5, 0.6) is 0 Å². The Kier molecular flexibility index (Phi) is 28.2. The quantitative estimate of drug-likeness (QED) is 0.520. The number of rotatable bonds is 6. The molecule has 0 rings (SSSR count). The van der Waals surface area contributed by atoms with Gasteiger partial charge in [0.15, 0.2) is 0 Å². The smallest absolute Gasteiger partial charge is 0.693 e. The molecule has 0 amide bonds. The Balaban J connectivity index is -0.0000000951. The van der Waals surface area contributed by atoms with E-state index in [0.29, 0.717) is 13.0 Å². The zero-order valence-corrected chi connectivity index (χ0v) is 14.0. The van der Waals surface area contributed by atoms with Gasteiger partial charge in [0, 0.05) is 6.92 Å². The van der Waals surface area contributed by atoms with Crippen LogP contribution in [0.25, 0.3) is 12.3 Å². The molecule has 1 unspecified atom stereocenters. The van der Waals surface area contributed by atoms with Crippen molar-refractivity contribution < 1.29 is 50.8 Å². The standard InChI is InChI=1S/C8H15NO4.C2H4O2.2H2N.Pt/c1-9(2)4-3-6(8(12)13)5-7(10)11;1-2(3)4;;;/h6H,3-5H2,1-2H3,(H,10,11)(H,12,13);1H3,(H,3,4);2*1H2;/q;;2*-1;+2. The van der Waals surface area contributed by atoms with E-state index in [4.69, 9.17) is 20.1 Å². The third-order valence-electron chi connectivity index (χ3n) is 1.70. The van der Waals surface area contributed by atoms with Crippen LogP contribution in [0.1, 0.15) is 19.8 Å². The molecule has 0 radical (unpaired) electrons. The van der Waals surface area contributed by atoms with E-state index in [9.17, 15) is 9.59 Å². The number of carboxylic acids is 3. The van der Waals surface area contributed by atoms with Gasteiger partial charge in [-0.15, -0.1) is 0 Å². The van der Waals surface area contributed by atoms with Gasteiger partial charge < -0.3 is 32.5 Å². The summed E-state index contributed by atoms with van der Waals surface area (Å²) in [6, 6.07) is 0. The summed E-state index contributed by atoms with van der Waals surface area (Å²) in [6.07, 6.45) is 0.0673. The molecule has 0 aromatic rings. The third kappa shape index (κ3) is 30.2. The van der Waals surface area contributed by atoms with Crippen LogP contribution in [0.4, 0.5) is 0 Å². The molecule has 9 nitrogen and oxygen atoms in total. The van der Waals surface area contributed by atoms with Gasteiger partial charge in [0.05, 0.1) is 12.3 Å². The van der Waals surface area contributed by atoms with Crippen molar-refractivity contribution >= 4 is 17.9 Å². The fourth-order valence-electron chi connectivity index (χ4n) is 0.938. The molecule has 0 saturated heterocycles. The molecule has 0 aliphatic carbocycles. The largest absolute Gasteiger partial charge is 2.00 e. The summed E-state index contributed by atoms with van der Waals surface area (Å²) >= 11 is 0. The molecular formula is C10H23N3O6Pt. The van der Waals surface area contributed by atoms with E-state index in [1.807, 2.05) is 19.0 Å². The van der Waals surface area contributed by atoms with E-state index in [-0.39, 0.29) is 39.8 Å². The summed E-state index contributed by atoms with van der Waals surface area (Å²) in [6.45, 7) is 1.67. The first-order valence-corrected chi connectivity index (χ1v) is 4.95. The molecule has 0 aliphatic rings. The summed E-state index contributed by atoms with van der Waals surface area (Å²) in [5.74, 6) is -3.71. The summed E-state index contributed by atoms with van der Waals surface area (Å²) in [7, 11) is 3.64. The normalized spacial score (nSPS) is 9.60. The maximum absolute atomic E-state index is 10.6. The number of carboxylic acid groups (broad SMARTS) is 3. The van der Waals surface area contributed by atoms with Gasteiger partial charge in [-0.2, -0.15) is 0 Å². The molecule has 20 heavy (non-hydrogen) atoms. The number of nitrogens with two attached hydrogens (primary N) is 2. The third-order valence-corrected chi connectivity index (χ3v) is 1.70. The van der Waals surface area contributed by atoms with Crippen LogP contribution in [-0.2, 0) is 35.4 Å². The molecule has 0 heterocycles. The van der Waals surface area contributed by atoms with Gasteiger partial charge in [0.1, 0.15) is 0 Å². The Morgan fingerprint density at radius 2 is 1.40 bits per heavy atom. The summed E-state index contributed by atoms with van der Waals surface area (Å²) < 4.78 is 0. The van der Waals surface area contributed by atoms with Gasteiger partial charge >= 0.3 is 33.0 Å². The Labute approximate surface area is 132 Å². The second-order valence-corrected chi connectivity index (χ2v) is 3.74. The van der Waals surface area contributed by atoms with Crippen LogP contribution in [0, 0.1) is 5.92 Å².